The van der Waals surface area contributed by atoms with Crippen molar-refractivity contribution in [3.63, 3.8) is 0 Å². The molecule has 0 aliphatic carbocycles. The Labute approximate surface area is 139 Å². The molecule has 2 aromatic carbocycles. The van der Waals surface area contributed by atoms with Gasteiger partial charge in [-0.3, -0.25) is 10.2 Å². The highest BCUT2D eigenvalue weighted by molar-refractivity contribution is 5.34. The van der Waals surface area contributed by atoms with Gasteiger partial charge in [0.15, 0.2) is 0 Å². The summed E-state index contributed by atoms with van der Waals surface area (Å²) in [6, 6.07) is 22.2. The van der Waals surface area contributed by atoms with Gasteiger partial charge in [-0.2, -0.15) is 0 Å². The van der Waals surface area contributed by atoms with E-state index in [1.54, 1.807) is 0 Å². The standard InChI is InChI=1S/C21H26N2/c1-4-10-18(11-5-1)20-14-15-22-21(20,19-12-6-2-7-13-19)23-16-8-3-9-17-23/h1-2,4-7,10-13,20,22H,3,8-9,14-17H2. The van der Waals surface area contributed by atoms with Gasteiger partial charge >= 0.3 is 0 Å². The molecule has 0 saturated carbocycles. The molecule has 2 nitrogen and oxygen atoms in total. The van der Waals surface area contributed by atoms with E-state index < -0.39 is 0 Å². The number of hydrogen-bond acceptors (Lipinski definition) is 2. The Kier molecular flexibility index (Phi) is 4.19. The van der Waals surface area contributed by atoms with E-state index in [0.717, 1.165) is 6.54 Å². The average molecular weight is 306 g/mol. The van der Waals surface area contributed by atoms with Crippen molar-refractivity contribution < 1.29 is 0 Å². The average Bonchev–Trinajstić information content (AvgIpc) is 3.10. The van der Waals surface area contributed by atoms with E-state index >= 15 is 0 Å². The smallest absolute Gasteiger partial charge is 0.105 e. The fourth-order valence-electron chi connectivity index (χ4n) is 4.59. The second-order valence-electron chi connectivity index (χ2n) is 6.86. The molecule has 1 N–H and O–H groups in total. The molecular weight excluding hydrogens is 280 g/mol. The summed E-state index contributed by atoms with van der Waals surface area (Å²) in [7, 11) is 0. The number of hydrogen-bond donors (Lipinski definition) is 1. The van der Waals surface area contributed by atoms with Gasteiger partial charge in [-0.1, -0.05) is 67.1 Å². The number of piperidine rings is 1. The van der Waals surface area contributed by atoms with Gasteiger partial charge in [0.25, 0.3) is 0 Å². The van der Waals surface area contributed by atoms with E-state index in [2.05, 4.69) is 70.9 Å². The molecule has 2 heterocycles. The molecule has 0 spiro atoms. The van der Waals surface area contributed by atoms with Crippen molar-refractivity contribution in [2.45, 2.75) is 37.3 Å². The molecule has 2 atom stereocenters. The number of nitrogens with one attached hydrogen (secondary N) is 1. The van der Waals surface area contributed by atoms with Crippen LogP contribution in [0.15, 0.2) is 60.7 Å². The molecular formula is C21H26N2. The van der Waals surface area contributed by atoms with Gasteiger partial charge < -0.3 is 0 Å². The summed E-state index contributed by atoms with van der Waals surface area (Å²) >= 11 is 0. The lowest BCUT2D eigenvalue weighted by molar-refractivity contribution is 0.0348. The van der Waals surface area contributed by atoms with E-state index in [0.29, 0.717) is 5.92 Å². The maximum Gasteiger partial charge on any atom is 0.105 e. The molecule has 0 bridgehead atoms. The van der Waals surface area contributed by atoms with Crippen LogP contribution in [0.25, 0.3) is 0 Å². The first-order chi connectivity index (χ1) is 11.4. The summed E-state index contributed by atoms with van der Waals surface area (Å²) in [4.78, 5) is 2.72. The SMILES string of the molecule is c1ccc(C2CCNC2(c2ccccc2)N2CCCCC2)cc1. The highest BCUT2D eigenvalue weighted by atomic mass is 15.3. The van der Waals surface area contributed by atoms with Gasteiger partial charge in [-0.15, -0.1) is 0 Å². The Morgan fingerprint density at radius 3 is 2.17 bits per heavy atom. The number of rotatable bonds is 3. The Morgan fingerprint density at radius 2 is 1.48 bits per heavy atom. The minimum atomic E-state index is -0.0387. The van der Waals surface area contributed by atoms with Crippen LogP contribution in [-0.2, 0) is 5.66 Å². The zero-order valence-electron chi connectivity index (χ0n) is 13.7. The van der Waals surface area contributed by atoms with E-state index in [-0.39, 0.29) is 5.66 Å². The van der Waals surface area contributed by atoms with Gasteiger partial charge in [-0.05, 0) is 36.9 Å². The van der Waals surface area contributed by atoms with Crippen molar-refractivity contribution in [3.05, 3.63) is 71.8 Å². The Morgan fingerprint density at radius 1 is 0.826 bits per heavy atom. The van der Waals surface area contributed by atoms with Crippen molar-refractivity contribution in [2.75, 3.05) is 19.6 Å². The molecule has 0 radical (unpaired) electrons. The largest absolute Gasteiger partial charge is 0.295 e. The first kappa shape index (κ1) is 14.9. The lowest BCUT2D eigenvalue weighted by Gasteiger charge is -2.48. The summed E-state index contributed by atoms with van der Waals surface area (Å²) in [5, 5.41) is 3.93. The van der Waals surface area contributed by atoms with Crippen molar-refractivity contribution in [2.24, 2.45) is 0 Å². The van der Waals surface area contributed by atoms with Crippen LogP contribution in [-0.4, -0.2) is 24.5 Å². The van der Waals surface area contributed by atoms with Crippen LogP contribution < -0.4 is 5.32 Å². The van der Waals surface area contributed by atoms with Crippen molar-refractivity contribution in [1.82, 2.24) is 10.2 Å². The summed E-state index contributed by atoms with van der Waals surface area (Å²) in [5.41, 5.74) is 2.85. The normalized spacial score (nSPS) is 28.8. The second kappa shape index (κ2) is 6.46. The third-order valence-corrected chi connectivity index (χ3v) is 5.60. The van der Waals surface area contributed by atoms with E-state index in [4.69, 9.17) is 0 Å². The van der Waals surface area contributed by atoms with Gasteiger partial charge in [0.2, 0.25) is 0 Å². The van der Waals surface area contributed by atoms with Crippen LogP contribution in [0.3, 0.4) is 0 Å². The minimum Gasteiger partial charge on any atom is -0.295 e. The van der Waals surface area contributed by atoms with Crippen molar-refractivity contribution in [3.8, 4) is 0 Å². The Hall–Kier alpha value is -1.64. The monoisotopic (exact) mass is 306 g/mol. The highest BCUT2D eigenvalue weighted by Gasteiger charge is 2.49. The number of nitrogens with zero attached hydrogens (tertiary/aromatic N) is 1. The molecule has 2 aliphatic heterocycles. The third-order valence-electron chi connectivity index (χ3n) is 5.60. The molecule has 120 valence electrons. The van der Waals surface area contributed by atoms with Crippen LogP contribution in [0, 0.1) is 0 Å². The summed E-state index contributed by atoms with van der Waals surface area (Å²) in [5.74, 6) is 0.518. The summed E-state index contributed by atoms with van der Waals surface area (Å²) in [6.45, 7) is 3.49. The van der Waals surface area contributed by atoms with Crippen LogP contribution in [0.1, 0.15) is 42.7 Å². The van der Waals surface area contributed by atoms with Crippen LogP contribution >= 0.6 is 0 Å². The van der Waals surface area contributed by atoms with Crippen LogP contribution in [0.5, 0.6) is 0 Å². The van der Waals surface area contributed by atoms with Gasteiger partial charge in [0.05, 0.1) is 0 Å². The quantitative estimate of drug-likeness (QED) is 0.918. The maximum absolute atomic E-state index is 3.93. The molecule has 2 saturated heterocycles. The van der Waals surface area contributed by atoms with E-state index in [1.165, 1.54) is 49.9 Å². The van der Waals surface area contributed by atoms with Crippen LogP contribution in [0.4, 0.5) is 0 Å². The second-order valence-corrected chi connectivity index (χ2v) is 6.86. The molecule has 23 heavy (non-hydrogen) atoms. The Balaban J connectivity index is 1.81. The topological polar surface area (TPSA) is 15.3 Å². The molecule has 2 fully saturated rings. The molecule has 2 aliphatic rings. The lowest BCUT2D eigenvalue weighted by atomic mass is 9.80. The lowest BCUT2D eigenvalue weighted by Crippen LogP contribution is -2.57. The number of benzene rings is 2. The molecule has 2 heteroatoms. The highest BCUT2D eigenvalue weighted by Crippen LogP contribution is 2.46. The summed E-state index contributed by atoms with van der Waals surface area (Å²) in [6.07, 6.45) is 5.21. The van der Waals surface area contributed by atoms with Gasteiger partial charge in [0, 0.05) is 19.0 Å². The van der Waals surface area contributed by atoms with Crippen molar-refractivity contribution in [1.29, 1.82) is 0 Å². The predicted octanol–water partition coefficient (Wildman–Crippen LogP) is 4.10. The first-order valence-corrected chi connectivity index (χ1v) is 9.02. The predicted molar refractivity (Wildman–Crippen MR) is 95.3 cm³/mol. The Bertz CT molecular complexity index is 619. The zero-order valence-corrected chi connectivity index (χ0v) is 13.7. The third kappa shape index (κ3) is 2.60. The fourth-order valence-corrected chi connectivity index (χ4v) is 4.59. The maximum atomic E-state index is 3.93. The van der Waals surface area contributed by atoms with Crippen molar-refractivity contribution >= 4 is 0 Å². The number of likely N-dealkylation sites (tertiary alicyclic amines) is 1. The molecule has 0 amide bonds. The molecule has 4 rings (SSSR count). The van der Waals surface area contributed by atoms with Gasteiger partial charge in [-0.25, -0.2) is 0 Å². The fraction of sp³-hybridized carbons (Fsp3) is 0.429. The molecule has 2 unspecified atom stereocenters. The van der Waals surface area contributed by atoms with Gasteiger partial charge in [0.1, 0.15) is 5.66 Å². The molecule has 0 aromatic heterocycles. The first-order valence-electron chi connectivity index (χ1n) is 9.02. The van der Waals surface area contributed by atoms with Crippen LogP contribution in [0.2, 0.25) is 0 Å². The zero-order chi connectivity index (χ0) is 15.5. The minimum absolute atomic E-state index is 0.0387. The summed E-state index contributed by atoms with van der Waals surface area (Å²) < 4.78 is 0. The van der Waals surface area contributed by atoms with E-state index in [9.17, 15) is 0 Å². The molecule has 2 aromatic rings. The van der Waals surface area contributed by atoms with E-state index in [1.807, 2.05) is 0 Å².